The van der Waals surface area contributed by atoms with E-state index in [4.69, 9.17) is 0 Å². The molecule has 4 rings (SSSR count). The molecule has 2 aromatic carbocycles. The van der Waals surface area contributed by atoms with E-state index in [1.54, 1.807) is 17.0 Å². The molecule has 136 valence electrons. The fraction of sp³-hybridized carbons (Fsp3) is 0.167. The normalized spacial score (nSPS) is 13.3. The van der Waals surface area contributed by atoms with E-state index in [-0.39, 0.29) is 18.2 Å². The van der Waals surface area contributed by atoms with Crippen LogP contribution in [0, 0.1) is 0 Å². The molecule has 1 aromatic heterocycles. The first-order chi connectivity index (χ1) is 13.2. The molecule has 9 heteroatoms. The van der Waals surface area contributed by atoms with Gasteiger partial charge in [0.05, 0.1) is 17.1 Å². The summed E-state index contributed by atoms with van der Waals surface area (Å²) in [5.74, 6) is 0.281. The molecule has 0 fully saturated rings. The van der Waals surface area contributed by atoms with Gasteiger partial charge >= 0.3 is 0 Å². The topological polar surface area (TPSA) is 93.0 Å². The van der Waals surface area contributed by atoms with E-state index in [0.29, 0.717) is 18.0 Å². The molecular formula is C18H16N6O2S. The van der Waals surface area contributed by atoms with Crippen LogP contribution in [0.3, 0.4) is 0 Å². The molecule has 0 atom stereocenters. The minimum absolute atomic E-state index is 0.0253. The Bertz CT molecular complexity index is 958. The monoisotopic (exact) mass is 380 g/mol. The van der Waals surface area contributed by atoms with Crippen molar-refractivity contribution >= 4 is 35.0 Å². The average molecular weight is 380 g/mol. The van der Waals surface area contributed by atoms with Gasteiger partial charge in [-0.05, 0) is 46.8 Å². The number of anilines is 2. The number of carbonyl (C=O) groups excluding carboxylic acids is 2. The molecule has 0 spiro atoms. The summed E-state index contributed by atoms with van der Waals surface area (Å²) in [5, 5.41) is 13.8. The number of para-hydroxylation sites is 1. The number of carbonyl (C=O) groups is 2. The van der Waals surface area contributed by atoms with Gasteiger partial charge in [0, 0.05) is 23.5 Å². The first-order valence-corrected chi connectivity index (χ1v) is 9.35. The van der Waals surface area contributed by atoms with Crippen molar-refractivity contribution in [2.45, 2.75) is 11.3 Å². The molecule has 0 aliphatic carbocycles. The van der Waals surface area contributed by atoms with Gasteiger partial charge < -0.3 is 10.2 Å². The highest BCUT2D eigenvalue weighted by molar-refractivity contribution is 8.00. The molecule has 3 aromatic rings. The van der Waals surface area contributed by atoms with Crippen molar-refractivity contribution in [1.29, 1.82) is 0 Å². The Morgan fingerprint density at radius 1 is 1.15 bits per heavy atom. The summed E-state index contributed by atoms with van der Waals surface area (Å²) >= 11 is 1.53. The minimum Gasteiger partial charge on any atom is -0.326 e. The van der Waals surface area contributed by atoms with Crippen molar-refractivity contribution in [3.63, 3.8) is 0 Å². The van der Waals surface area contributed by atoms with E-state index in [1.807, 2.05) is 36.4 Å². The van der Waals surface area contributed by atoms with Gasteiger partial charge in [-0.1, -0.05) is 12.1 Å². The summed E-state index contributed by atoms with van der Waals surface area (Å²) in [6, 6.07) is 14.9. The molecule has 0 unspecified atom stereocenters. The highest BCUT2D eigenvalue weighted by Gasteiger charge is 2.24. The number of hydrogen-bond donors (Lipinski definition) is 1. The van der Waals surface area contributed by atoms with E-state index in [1.165, 1.54) is 22.8 Å². The summed E-state index contributed by atoms with van der Waals surface area (Å²) in [6.07, 6.45) is 1.72. The van der Waals surface area contributed by atoms with Crippen molar-refractivity contribution < 1.29 is 9.59 Å². The molecule has 8 nitrogen and oxygen atoms in total. The first-order valence-electron chi connectivity index (χ1n) is 8.36. The summed E-state index contributed by atoms with van der Waals surface area (Å²) in [5.41, 5.74) is 2.35. The van der Waals surface area contributed by atoms with Crippen LogP contribution in [0.25, 0.3) is 5.69 Å². The molecule has 0 bridgehead atoms. The molecule has 0 radical (unpaired) electrons. The summed E-state index contributed by atoms with van der Waals surface area (Å²) in [7, 11) is 0. The van der Waals surface area contributed by atoms with Gasteiger partial charge in [-0.3, -0.25) is 9.59 Å². The van der Waals surface area contributed by atoms with Crippen LogP contribution in [-0.4, -0.2) is 44.3 Å². The van der Waals surface area contributed by atoms with E-state index in [2.05, 4.69) is 20.8 Å². The van der Waals surface area contributed by atoms with Gasteiger partial charge in [-0.15, -0.1) is 16.9 Å². The van der Waals surface area contributed by atoms with E-state index >= 15 is 0 Å². The number of nitrogens with zero attached hydrogens (tertiary/aromatic N) is 5. The van der Waals surface area contributed by atoms with Gasteiger partial charge in [0.25, 0.3) is 0 Å². The summed E-state index contributed by atoms with van der Waals surface area (Å²) < 4.78 is 1.53. The quantitative estimate of drug-likeness (QED) is 0.729. The predicted molar refractivity (Wildman–Crippen MR) is 102 cm³/mol. The number of benzene rings is 2. The SMILES string of the molecule is O=C(CCN1C(=O)CSc2ccccc21)Nc1ccc(-n2cnnn2)cc1. The van der Waals surface area contributed by atoms with Crippen molar-refractivity contribution in [3.05, 3.63) is 54.9 Å². The van der Waals surface area contributed by atoms with Crippen LogP contribution in [0.2, 0.25) is 0 Å². The third-order valence-electron chi connectivity index (χ3n) is 4.14. The molecule has 27 heavy (non-hydrogen) atoms. The number of nitrogens with one attached hydrogen (secondary N) is 1. The van der Waals surface area contributed by atoms with Crippen LogP contribution >= 0.6 is 11.8 Å². The smallest absolute Gasteiger partial charge is 0.237 e. The molecule has 1 N–H and O–H groups in total. The Morgan fingerprint density at radius 2 is 1.96 bits per heavy atom. The Balaban J connectivity index is 1.37. The van der Waals surface area contributed by atoms with Crippen LogP contribution in [0.5, 0.6) is 0 Å². The van der Waals surface area contributed by atoms with E-state index < -0.39 is 0 Å². The van der Waals surface area contributed by atoms with Crippen molar-refractivity contribution in [3.8, 4) is 5.69 Å². The largest absolute Gasteiger partial charge is 0.326 e. The molecule has 2 heterocycles. The highest BCUT2D eigenvalue weighted by atomic mass is 32.2. The van der Waals surface area contributed by atoms with Gasteiger partial charge in [0.2, 0.25) is 11.8 Å². The predicted octanol–water partition coefficient (Wildman–Crippen LogP) is 2.13. The number of aromatic nitrogens is 4. The van der Waals surface area contributed by atoms with Crippen molar-refractivity contribution in [1.82, 2.24) is 20.2 Å². The summed E-state index contributed by atoms with van der Waals surface area (Å²) in [6.45, 7) is 0.352. The Kier molecular flexibility index (Phi) is 4.84. The zero-order valence-electron chi connectivity index (χ0n) is 14.3. The third-order valence-corrected chi connectivity index (χ3v) is 5.18. The lowest BCUT2D eigenvalue weighted by atomic mass is 10.2. The average Bonchev–Trinajstić information content (AvgIpc) is 3.22. The summed E-state index contributed by atoms with van der Waals surface area (Å²) in [4.78, 5) is 27.3. The fourth-order valence-corrected chi connectivity index (χ4v) is 3.75. The van der Waals surface area contributed by atoms with E-state index in [9.17, 15) is 9.59 Å². The zero-order valence-corrected chi connectivity index (χ0v) is 15.1. The molecule has 1 aliphatic rings. The number of thioether (sulfide) groups is 1. The molecule has 1 aliphatic heterocycles. The number of hydrogen-bond acceptors (Lipinski definition) is 6. The number of rotatable bonds is 5. The maximum atomic E-state index is 12.3. The second kappa shape index (κ2) is 7.58. The Labute approximate surface area is 159 Å². The van der Waals surface area contributed by atoms with E-state index in [0.717, 1.165) is 16.3 Å². The Morgan fingerprint density at radius 3 is 2.74 bits per heavy atom. The maximum Gasteiger partial charge on any atom is 0.237 e. The van der Waals surface area contributed by atoms with Crippen LogP contribution in [-0.2, 0) is 9.59 Å². The molecular weight excluding hydrogens is 364 g/mol. The molecule has 0 saturated heterocycles. The highest BCUT2D eigenvalue weighted by Crippen LogP contribution is 2.34. The Hall–Kier alpha value is -3.20. The van der Waals surface area contributed by atoms with Crippen LogP contribution in [0.4, 0.5) is 11.4 Å². The first kappa shape index (κ1) is 17.2. The van der Waals surface area contributed by atoms with Gasteiger partial charge in [0.15, 0.2) is 0 Å². The van der Waals surface area contributed by atoms with Crippen LogP contribution in [0.15, 0.2) is 59.8 Å². The number of fused-ring (bicyclic) bond motifs is 1. The fourth-order valence-electron chi connectivity index (χ4n) is 2.81. The second-order valence-electron chi connectivity index (χ2n) is 5.90. The standard InChI is InChI=1S/C18H16N6O2S/c25-17(20-13-5-7-14(8-6-13)24-12-19-21-22-24)9-10-23-15-3-1-2-4-16(15)27-11-18(23)26/h1-8,12H,9-11H2,(H,20,25). The lowest BCUT2D eigenvalue weighted by Gasteiger charge is -2.28. The van der Waals surface area contributed by atoms with Crippen LogP contribution < -0.4 is 10.2 Å². The lowest BCUT2D eigenvalue weighted by Crippen LogP contribution is -2.37. The third kappa shape index (κ3) is 3.82. The van der Waals surface area contributed by atoms with Gasteiger partial charge in [-0.2, -0.15) is 0 Å². The second-order valence-corrected chi connectivity index (χ2v) is 6.92. The van der Waals surface area contributed by atoms with Crippen molar-refractivity contribution in [2.75, 3.05) is 22.5 Å². The van der Waals surface area contributed by atoms with Crippen LogP contribution in [0.1, 0.15) is 6.42 Å². The maximum absolute atomic E-state index is 12.3. The lowest BCUT2D eigenvalue weighted by molar-refractivity contribution is -0.117. The van der Waals surface area contributed by atoms with Gasteiger partial charge in [-0.25, -0.2) is 4.68 Å². The zero-order chi connectivity index (χ0) is 18.6. The number of tetrazole rings is 1. The molecule has 0 saturated carbocycles. The van der Waals surface area contributed by atoms with Crippen molar-refractivity contribution in [2.24, 2.45) is 0 Å². The molecule has 2 amide bonds. The number of amides is 2. The van der Waals surface area contributed by atoms with Gasteiger partial charge in [0.1, 0.15) is 6.33 Å². The minimum atomic E-state index is -0.145.